The summed E-state index contributed by atoms with van der Waals surface area (Å²) in [5.41, 5.74) is 0.0539. The van der Waals surface area contributed by atoms with Crippen LogP contribution in [0.15, 0.2) is 51.9 Å². The van der Waals surface area contributed by atoms with Crippen LogP contribution in [0.2, 0.25) is 0 Å². The van der Waals surface area contributed by atoms with Gasteiger partial charge in [0.1, 0.15) is 17.0 Å². The summed E-state index contributed by atoms with van der Waals surface area (Å²) < 4.78 is 15.0. The molecule has 116 valence electrons. The van der Waals surface area contributed by atoms with Crippen molar-refractivity contribution < 1.29 is 14.3 Å². The Morgan fingerprint density at radius 2 is 1.96 bits per heavy atom. The lowest BCUT2D eigenvalue weighted by Gasteiger charge is -2.11. The molecule has 0 aliphatic rings. The van der Waals surface area contributed by atoms with Crippen molar-refractivity contribution in [2.24, 2.45) is 0 Å². The Hall–Kier alpha value is -2.54. The van der Waals surface area contributed by atoms with E-state index in [0.29, 0.717) is 21.1 Å². The molecule has 0 saturated heterocycles. The van der Waals surface area contributed by atoms with E-state index in [1.807, 2.05) is 0 Å². The van der Waals surface area contributed by atoms with Crippen LogP contribution >= 0.6 is 15.9 Å². The standard InChI is InChI=1S/C16H10BrFN2O3/c17-11-5-10-6-13(16(22)23)15(21)20(14(10)19-7-11)8-9-1-3-12(18)4-2-9/h1-7H,8H2,(H,22,23). The van der Waals surface area contributed by atoms with E-state index in [1.165, 1.54) is 29.0 Å². The average Bonchev–Trinajstić information content (AvgIpc) is 2.51. The molecular weight excluding hydrogens is 367 g/mol. The molecule has 3 rings (SSSR count). The summed E-state index contributed by atoms with van der Waals surface area (Å²) in [4.78, 5) is 27.9. The van der Waals surface area contributed by atoms with Crippen molar-refractivity contribution in [3.8, 4) is 0 Å². The zero-order valence-corrected chi connectivity index (χ0v) is 13.2. The number of halogens is 2. The number of benzene rings is 1. The first-order valence-electron chi connectivity index (χ1n) is 6.62. The van der Waals surface area contributed by atoms with Crippen molar-refractivity contribution >= 4 is 32.9 Å². The van der Waals surface area contributed by atoms with Gasteiger partial charge < -0.3 is 5.11 Å². The van der Waals surface area contributed by atoms with Crippen LogP contribution in [0.3, 0.4) is 0 Å². The molecule has 7 heteroatoms. The van der Waals surface area contributed by atoms with Crippen LogP contribution in [0, 0.1) is 5.82 Å². The van der Waals surface area contributed by atoms with E-state index in [1.54, 1.807) is 18.2 Å². The number of carbonyl (C=O) groups is 1. The van der Waals surface area contributed by atoms with E-state index < -0.39 is 11.5 Å². The number of fused-ring (bicyclic) bond motifs is 1. The smallest absolute Gasteiger partial charge is 0.341 e. The number of carboxylic acids is 1. The van der Waals surface area contributed by atoms with Gasteiger partial charge in [0.15, 0.2) is 0 Å². The second kappa shape index (κ2) is 5.92. The summed E-state index contributed by atoms with van der Waals surface area (Å²) in [6, 6.07) is 8.65. The molecule has 2 heterocycles. The van der Waals surface area contributed by atoms with Crippen molar-refractivity contribution in [1.29, 1.82) is 0 Å². The predicted octanol–water partition coefficient (Wildman–Crippen LogP) is 3.04. The molecule has 2 aromatic heterocycles. The third-order valence-electron chi connectivity index (χ3n) is 3.38. The van der Waals surface area contributed by atoms with Crippen LogP contribution in [0.1, 0.15) is 15.9 Å². The molecule has 0 saturated carbocycles. The number of pyridine rings is 2. The molecule has 23 heavy (non-hydrogen) atoms. The van der Waals surface area contributed by atoms with Crippen molar-refractivity contribution in [3.63, 3.8) is 0 Å². The highest BCUT2D eigenvalue weighted by Gasteiger charge is 2.16. The second-order valence-electron chi connectivity index (χ2n) is 4.95. The zero-order chi connectivity index (χ0) is 16.6. The maximum Gasteiger partial charge on any atom is 0.341 e. The van der Waals surface area contributed by atoms with Gasteiger partial charge in [-0.1, -0.05) is 12.1 Å². The van der Waals surface area contributed by atoms with Gasteiger partial charge in [0, 0.05) is 16.1 Å². The fourth-order valence-corrected chi connectivity index (χ4v) is 2.66. The van der Waals surface area contributed by atoms with Crippen molar-refractivity contribution in [1.82, 2.24) is 9.55 Å². The SMILES string of the molecule is O=C(O)c1cc2cc(Br)cnc2n(Cc2ccc(F)cc2)c1=O. The minimum atomic E-state index is -1.30. The van der Waals surface area contributed by atoms with Gasteiger partial charge in [-0.25, -0.2) is 14.2 Å². The van der Waals surface area contributed by atoms with Crippen LogP contribution in [-0.4, -0.2) is 20.6 Å². The van der Waals surface area contributed by atoms with Gasteiger partial charge in [-0.2, -0.15) is 0 Å². The van der Waals surface area contributed by atoms with Crippen LogP contribution in [0.5, 0.6) is 0 Å². The van der Waals surface area contributed by atoms with Crippen molar-refractivity contribution in [3.05, 3.63) is 74.4 Å². The predicted molar refractivity (Wildman–Crippen MR) is 86.2 cm³/mol. The quantitative estimate of drug-likeness (QED) is 0.762. The number of rotatable bonds is 3. The second-order valence-corrected chi connectivity index (χ2v) is 5.86. The summed E-state index contributed by atoms with van der Waals surface area (Å²) in [6.45, 7) is 0.103. The number of aromatic carboxylic acids is 1. The van der Waals surface area contributed by atoms with E-state index in [2.05, 4.69) is 20.9 Å². The fourth-order valence-electron chi connectivity index (χ4n) is 2.31. The summed E-state index contributed by atoms with van der Waals surface area (Å²) in [7, 11) is 0. The fraction of sp³-hybridized carbons (Fsp3) is 0.0625. The van der Waals surface area contributed by atoms with Crippen LogP contribution < -0.4 is 5.56 Å². The van der Waals surface area contributed by atoms with Crippen molar-refractivity contribution in [2.75, 3.05) is 0 Å². The molecule has 0 fully saturated rings. The molecule has 0 radical (unpaired) electrons. The third kappa shape index (κ3) is 3.00. The Kier molecular flexibility index (Phi) is 3.96. The first-order chi connectivity index (χ1) is 11.0. The maximum absolute atomic E-state index is 13.0. The summed E-state index contributed by atoms with van der Waals surface area (Å²) in [6.07, 6.45) is 1.53. The molecule has 1 N–H and O–H groups in total. The molecule has 0 unspecified atom stereocenters. The number of hydrogen-bond donors (Lipinski definition) is 1. The Bertz CT molecular complexity index is 967. The molecule has 0 bridgehead atoms. The van der Waals surface area contributed by atoms with Crippen LogP contribution in [0.25, 0.3) is 11.0 Å². The average molecular weight is 377 g/mol. The zero-order valence-electron chi connectivity index (χ0n) is 11.7. The van der Waals surface area contributed by atoms with E-state index in [-0.39, 0.29) is 17.9 Å². The van der Waals surface area contributed by atoms with Gasteiger partial charge >= 0.3 is 5.97 Å². The highest BCUT2D eigenvalue weighted by atomic mass is 79.9. The van der Waals surface area contributed by atoms with Gasteiger partial charge in [0.05, 0.1) is 6.54 Å². The van der Waals surface area contributed by atoms with Gasteiger partial charge in [0.2, 0.25) is 0 Å². The molecule has 0 spiro atoms. The molecule has 0 aliphatic heterocycles. The lowest BCUT2D eigenvalue weighted by molar-refractivity contribution is 0.0694. The van der Waals surface area contributed by atoms with Crippen molar-refractivity contribution in [2.45, 2.75) is 6.54 Å². The Labute approximate surface area is 138 Å². The minimum absolute atomic E-state index is 0.103. The van der Waals surface area contributed by atoms with E-state index in [4.69, 9.17) is 0 Å². The maximum atomic E-state index is 13.0. The summed E-state index contributed by atoms with van der Waals surface area (Å²) >= 11 is 3.27. The first kappa shape index (κ1) is 15.4. The lowest BCUT2D eigenvalue weighted by atomic mass is 10.1. The molecule has 1 aromatic carbocycles. The first-order valence-corrected chi connectivity index (χ1v) is 7.42. The molecule has 0 aliphatic carbocycles. The summed E-state index contributed by atoms with van der Waals surface area (Å²) in [5, 5.41) is 9.75. The molecular formula is C16H10BrFN2O3. The van der Waals surface area contributed by atoms with E-state index >= 15 is 0 Å². The van der Waals surface area contributed by atoms with E-state index in [9.17, 15) is 19.1 Å². The highest BCUT2D eigenvalue weighted by Crippen LogP contribution is 2.18. The number of nitrogens with zero attached hydrogens (tertiary/aromatic N) is 2. The minimum Gasteiger partial charge on any atom is -0.477 e. The van der Waals surface area contributed by atoms with Gasteiger partial charge in [-0.3, -0.25) is 9.36 Å². The monoisotopic (exact) mass is 376 g/mol. The summed E-state index contributed by atoms with van der Waals surface area (Å²) in [5.74, 6) is -1.68. The largest absolute Gasteiger partial charge is 0.477 e. The van der Waals surface area contributed by atoms with Crippen LogP contribution in [0.4, 0.5) is 4.39 Å². The molecule has 0 atom stereocenters. The normalized spacial score (nSPS) is 10.9. The molecule has 3 aromatic rings. The van der Waals surface area contributed by atoms with Gasteiger partial charge in [-0.05, 0) is 45.8 Å². The van der Waals surface area contributed by atoms with E-state index in [0.717, 1.165) is 0 Å². The highest BCUT2D eigenvalue weighted by molar-refractivity contribution is 9.10. The Balaban J connectivity index is 2.24. The molecule has 5 nitrogen and oxygen atoms in total. The van der Waals surface area contributed by atoms with Gasteiger partial charge in [-0.15, -0.1) is 0 Å². The number of aromatic nitrogens is 2. The van der Waals surface area contributed by atoms with Gasteiger partial charge in [0.25, 0.3) is 5.56 Å². The Morgan fingerprint density at radius 3 is 2.61 bits per heavy atom. The topological polar surface area (TPSA) is 72.2 Å². The number of hydrogen-bond acceptors (Lipinski definition) is 3. The molecule has 0 amide bonds. The Morgan fingerprint density at radius 1 is 1.26 bits per heavy atom. The third-order valence-corrected chi connectivity index (χ3v) is 3.81. The van der Waals surface area contributed by atoms with Crippen LogP contribution in [-0.2, 0) is 6.54 Å². The lowest BCUT2D eigenvalue weighted by Crippen LogP contribution is -2.27. The number of carboxylic acid groups (broad SMARTS) is 1.